The second kappa shape index (κ2) is 9.71. The van der Waals surface area contributed by atoms with E-state index in [1.54, 1.807) is 0 Å². The van der Waals surface area contributed by atoms with Gasteiger partial charge in [-0.15, -0.1) is 12.4 Å². The molecular formula is C22H27ClN4O. The van der Waals surface area contributed by atoms with Gasteiger partial charge < -0.3 is 10.3 Å². The van der Waals surface area contributed by atoms with Crippen molar-refractivity contribution in [3.05, 3.63) is 65.5 Å². The molecule has 5 nitrogen and oxygen atoms in total. The normalized spacial score (nSPS) is 14.6. The van der Waals surface area contributed by atoms with E-state index in [2.05, 4.69) is 33.2 Å². The number of nitrogen functional groups attached to an aromatic ring is 1. The molecule has 1 aliphatic rings. The van der Waals surface area contributed by atoms with Crippen molar-refractivity contribution in [3.63, 3.8) is 0 Å². The molecule has 0 bridgehead atoms. The second-order valence-corrected chi connectivity index (χ2v) is 7.25. The average molecular weight is 399 g/mol. The maximum Gasteiger partial charge on any atom is 0.227 e. The van der Waals surface area contributed by atoms with Gasteiger partial charge in [0.25, 0.3) is 0 Å². The standard InChI is InChI=1S/C22H26N4O.ClH/c23-20-10-3-2-8-18(20)11-12-21-24-22(25-27-21)19-9-6-7-17(15-19)16-26-13-4-1-5-14-26;/h2-3,6-10,15H,1,4-5,11-14,16,23H2;1H. The van der Waals surface area contributed by atoms with Crippen molar-refractivity contribution in [2.45, 2.75) is 38.6 Å². The molecule has 4 rings (SSSR count). The number of rotatable bonds is 6. The number of aromatic nitrogens is 2. The van der Waals surface area contributed by atoms with Gasteiger partial charge in [0.2, 0.25) is 11.7 Å². The van der Waals surface area contributed by atoms with Crippen LogP contribution in [0.2, 0.25) is 0 Å². The van der Waals surface area contributed by atoms with Crippen molar-refractivity contribution in [3.8, 4) is 11.4 Å². The maximum atomic E-state index is 6.00. The molecule has 0 radical (unpaired) electrons. The molecular weight excluding hydrogens is 372 g/mol. The lowest BCUT2D eigenvalue weighted by Crippen LogP contribution is -2.29. The summed E-state index contributed by atoms with van der Waals surface area (Å²) < 4.78 is 5.46. The van der Waals surface area contributed by atoms with Gasteiger partial charge in [-0.2, -0.15) is 4.98 Å². The molecule has 1 fully saturated rings. The van der Waals surface area contributed by atoms with Crippen LogP contribution in [0.5, 0.6) is 0 Å². The first-order valence-corrected chi connectivity index (χ1v) is 9.75. The number of nitrogens with two attached hydrogens (primary N) is 1. The Kier molecular flexibility index (Phi) is 7.06. The zero-order valence-electron chi connectivity index (χ0n) is 16.0. The molecule has 0 spiro atoms. The summed E-state index contributed by atoms with van der Waals surface area (Å²) >= 11 is 0. The summed E-state index contributed by atoms with van der Waals surface area (Å²) in [4.78, 5) is 7.10. The van der Waals surface area contributed by atoms with Crippen LogP contribution in [-0.4, -0.2) is 28.1 Å². The Morgan fingerprint density at radius 3 is 2.61 bits per heavy atom. The van der Waals surface area contributed by atoms with E-state index in [9.17, 15) is 0 Å². The summed E-state index contributed by atoms with van der Waals surface area (Å²) in [7, 11) is 0. The summed E-state index contributed by atoms with van der Waals surface area (Å²) in [5, 5.41) is 4.18. The first kappa shape index (κ1) is 20.4. The Morgan fingerprint density at radius 2 is 1.79 bits per heavy atom. The number of aryl methyl sites for hydroxylation is 2. The number of hydrogen-bond acceptors (Lipinski definition) is 5. The predicted molar refractivity (Wildman–Crippen MR) is 114 cm³/mol. The van der Waals surface area contributed by atoms with Crippen molar-refractivity contribution in [2.24, 2.45) is 0 Å². The van der Waals surface area contributed by atoms with Gasteiger partial charge in [0, 0.05) is 24.2 Å². The highest BCUT2D eigenvalue weighted by Crippen LogP contribution is 2.21. The van der Waals surface area contributed by atoms with Crippen molar-refractivity contribution in [1.82, 2.24) is 15.0 Å². The lowest BCUT2D eigenvalue weighted by atomic mass is 10.1. The van der Waals surface area contributed by atoms with Crippen molar-refractivity contribution in [2.75, 3.05) is 18.8 Å². The minimum Gasteiger partial charge on any atom is -0.399 e. The zero-order valence-corrected chi connectivity index (χ0v) is 16.8. The molecule has 1 aromatic heterocycles. The van der Waals surface area contributed by atoms with Gasteiger partial charge in [0.05, 0.1) is 0 Å². The van der Waals surface area contributed by atoms with E-state index in [4.69, 9.17) is 10.3 Å². The molecule has 2 N–H and O–H groups in total. The quantitative estimate of drug-likeness (QED) is 0.618. The summed E-state index contributed by atoms with van der Waals surface area (Å²) in [6.07, 6.45) is 5.45. The molecule has 2 aromatic carbocycles. The van der Waals surface area contributed by atoms with Gasteiger partial charge >= 0.3 is 0 Å². The average Bonchev–Trinajstić information content (AvgIpc) is 3.18. The number of halogens is 1. The zero-order chi connectivity index (χ0) is 18.5. The van der Waals surface area contributed by atoms with Crippen LogP contribution in [-0.2, 0) is 19.4 Å². The first-order chi connectivity index (χ1) is 13.3. The fourth-order valence-electron chi connectivity index (χ4n) is 3.66. The van der Waals surface area contributed by atoms with Crippen LogP contribution in [0.3, 0.4) is 0 Å². The number of nitrogens with zero attached hydrogens (tertiary/aromatic N) is 3. The number of benzene rings is 2. The smallest absolute Gasteiger partial charge is 0.227 e. The molecule has 0 saturated carbocycles. The van der Waals surface area contributed by atoms with Crippen molar-refractivity contribution >= 4 is 18.1 Å². The van der Waals surface area contributed by atoms with Crippen LogP contribution in [0.15, 0.2) is 53.1 Å². The molecule has 28 heavy (non-hydrogen) atoms. The lowest BCUT2D eigenvalue weighted by molar-refractivity contribution is 0.221. The molecule has 2 heterocycles. The highest BCUT2D eigenvalue weighted by molar-refractivity contribution is 5.85. The van der Waals surface area contributed by atoms with Crippen LogP contribution in [0, 0.1) is 0 Å². The van der Waals surface area contributed by atoms with E-state index in [0.717, 1.165) is 29.8 Å². The predicted octanol–water partition coefficient (Wildman–Crippen LogP) is 4.51. The summed E-state index contributed by atoms with van der Waals surface area (Å²) in [6.45, 7) is 3.38. The molecule has 1 saturated heterocycles. The van der Waals surface area contributed by atoms with E-state index in [1.165, 1.54) is 37.9 Å². The largest absolute Gasteiger partial charge is 0.399 e. The van der Waals surface area contributed by atoms with Gasteiger partial charge in [-0.25, -0.2) is 0 Å². The summed E-state index contributed by atoms with van der Waals surface area (Å²) in [6, 6.07) is 16.4. The van der Waals surface area contributed by atoms with Crippen LogP contribution in [0.4, 0.5) is 5.69 Å². The Bertz CT molecular complexity index is 890. The first-order valence-electron chi connectivity index (χ1n) is 9.75. The van der Waals surface area contributed by atoms with Crippen LogP contribution in [0.25, 0.3) is 11.4 Å². The van der Waals surface area contributed by atoms with E-state index < -0.39 is 0 Å². The highest BCUT2D eigenvalue weighted by Gasteiger charge is 2.13. The fraction of sp³-hybridized carbons (Fsp3) is 0.364. The SMILES string of the molecule is Cl.Nc1ccccc1CCc1nc(-c2cccc(CN3CCCCC3)c2)no1. The van der Waals surface area contributed by atoms with Crippen LogP contribution >= 0.6 is 12.4 Å². The molecule has 1 aliphatic heterocycles. The Balaban J connectivity index is 0.00000225. The van der Waals surface area contributed by atoms with Gasteiger partial charge in [-0.3, -0.25) is 4.90 Å². The molecule has 0 aliphatic carbocycles. The topological polar surface area (TPSA) is 68.2 Å². The molecule has 0 unspecified atom stereocenters. The van der Waals surface area contributed by atoms with E-state index in [1.807, 2.05) is 30.3 Å². The summed E-state index contributed by atoms with van der Waals surface area (Å²) in [5.41, 5.74) is 10.2. The molecule has 3 aromatic rings. The van der Waals surface area contributed by atoms with E-state index >= 15 is 0 Å². The third kappa shape index (κ3) is 5.12. The Morgan fingerprint density at radius 1 is 0.964 bits per heavy atom. The van der Waals surface area contributed by atoms with Gasteiger partial charge in [0.15, 0.2) is 0 Å². The number of piperidine rings is 1. The third-order valence-electron chi connectivity index (χ3n) is 5.17. The Hall–Kier alpha value is -2.37. The minimum absolute atomic E-state index is 0. The number of likely N-dealkylation sites (tertiary alicyclic amines) is 1. The maximum absolute atomic E-state index is 6.00. The van der Waals surface area contributed by atoms with Gasteiger partial charge in [-0.1, -0.05) is 48.0 Å². The summed E-state index contributed by atoms with van der Waals surface area (Å²) in [5.74, 6) is 1.31. The van der Waals surface area contributed by atoms with Gasteiger partial charge in [-0.05, 0) is 55.6 Å². The second-order valence-electron chi connectivity index (χ2n) is 7.25. The van der Waals surface area contributed by atoms with Crippen LogP contribution in [0.1, 0.15) is 36.3 Å². The fourth-order valence-corrected chi connectivity index (χ4v) is 3.66. The monoisotopic (exact) mass is 398 g/mol. The molecule has 0 atom stereocenters. The van der Waals surface area contributed by atoms with E-state index in [0.29, 0.717) is 18.1 Å². The minimum atomic E-state index is 0. The number of para-hydroxylation sites is 1. The van der Waals surface area contributed by atoms with Crippen molar-refractivity contribution in [1.29, 1.82) is 0 Å². The molecule has 6 heteroatoms. The Labute approximate surface area is 172 Å². The van der Waals surface area contributed by atoms with E-state index in [-0.39, 0.29) is 12.4 Å². The van der Waals surface area contributed by atoms with Crippen LogP contribution < -0.4 is 5.73 Å². The molecule has 148 valence electrons. The lowest BCUT2D eigenvalue weighted by Gasteiger charge is -2.26. The number of anilines is 1. The number of hydrogen-bond donors (Lipinski definition) is 1. The highest BCUT2D eigenvalue weighted by atomic mass is 35.5. The van der Waals surface area contributed by atoms with Gasteiger partial charge in [0.1, 0.15) is 0 Å². The molecule has 0 amide bonds. The van der Waals surface area contributed by atoms with Crippen molar-refractivity contribution < 1.29 is 4.52 Å². The third-order valence-corrected chi connectivity index (χ3v) is 5.17.